The van der Waals surface area contributed by atoms with Crippen molar-refractivity contribution in [2.75, 3.05) is 26.7 Å². The lowest BCUT2D eigenvalue weighted by Gasteiger charge is -2.35. The lowest BCUT2D eigenvalue weighted by atomic mass is 9.97. The second-order valence-electron chi connectivity index (χ2n) is 8.63. The van der Waals surface area contributed by atoms with Crippen LogP contribution in [0.1, 0.15) is 39.3 Å². The molecule has 2 amide bonds. The quantitative estimate of drug-likeness (QED) is 0.605. The third-order valence-electron chi connectivity index (χ3n) is 4.78. The first-order valence-electron chi connectivity index (χ1n) is 10.0. The summed E-state index contributed by atoms with van der Waals surface area (Å²) in [6.45, 7) is 7.56. The molecular formula is C21H28ClN3O3S2. The van der Waals surface area contributed by atoms with Gasteiger partial charge in [-0.3, -0.25) is 4.79 Å². The van der Waals surface area contributed by atoms with E-state index < -0.39 is 5.60 Å². The molecule has 0 bridgehead atoms. The monoisotopic (exact) mass is 469 g/mol. The highest BCUT2D eigenvalue weighted by atomic mass is 35.5. The second kappa shape index (κ2) is 9.66. The summed E-state index contributed by atoms with van der Waals surface area (Å²) in [5.74, 6) is 0.333. The summed E-state index contributed by atoms with van der Waals surface area (Å²) in [5, 5.41) is 2.84. The molecule has 3 rings (SSSR count). The molecule has 6 nitrogen and oxygen atoms in total. The molecule has 1 atom stereocenters. The van der Waals surface area contributed by atoms with Gasteiger partial charge in [0.05, 0.1) is 21.3 Å². The van der Waals surface area contributed by atoms with Crippen LogP contribution in [0.15, 0.2) is 17.5 Å². The maximum absolute atomic E-state index is 12.8. The van der Waals surface area contributed by atoms with Gasteiger partial charge in [0.1, 0.15) is 10.6 Å². The number of thiophene rings is 1. The van der Waals surface area contributed by atoms with E-state index in [4.69, 9.17) is 16.3 Å². The summed E-state index contributed by atoms with van der Waals surface area (Å²) in [5.41, 5.74) is 0.276. The zero-order chi connectivity index (χ0) is 21.9. The number of likely N-dealkylation sites (tertiary alicyclic amines) is 1. The first-order chi connectivity index (χ1) is 14.1. The second-order valence-corrected chi connectivity index (χ2v) is 11.2. The van der Waals surface area contributed by atoms with E-state index in [2.05, 4.69) is 4.98 Å². The lowest BCUT2D eigenvalue weighted by molar-refractivity contribution is -0.132. The minimum absolute atomic E-state index is 0.0840. The van der Waals surface area contributed by atoms with Crippen LogP contribution in [0.25, 0.3) is 9.88 Å². The number of rotatable bonds is 5. The molecule has 164 valence electrons. The van der Waals surface area contributed by atoms with E-state index in [9.17, 15) is 9.59 Å². The number of aromatic nitrogens is 1. The minimum atomic E-state index is -0.513. The van der Waals surface area contributed by atoms with E-state index in [0.717, 1.165) is 39.3 Å². The molecule has 0 N–H and O–H groups in total. The van der Waals surface area contributed by atoms with Gasteiger partial charge in [0.15, 0.2) is 0 Å². The molecule has 0 aliphatic carbocycles. The van der Waals surface area contributed by atoms with E-state index >= 15 is 0 Å². The van der Waals surface area contributed by atoms with Crippen LogP contribution in [-0.2, 0) is 16.0 Å². The van der Waals surface area contributed by atoms with E-state index in [1.165, 1.54) is 22.7 Å². The van der Waals surface area contributed by atoms with E-state index in [1.54, 1.807) is 11.9 Å². The Morgan fingerprint density at radius 3 is 2.80 bits per heavy atom. The summed E-state index contributed by atoms with van der Waals surface area (Å²) in [6, 6.07) is 3.81. The van der Waals surface area contributed by atoms with Crippen molar-refractivity contribution in [1.82, 2.24) is 14.8 Å². The largest absolute Gasteiger partial charge is 0.444 e. The average Bonchev–Trinajstić information content (AvgIpc) is 3.29. The molecule has 2 aromatic rings. The molecule has 1 fully saturated rings. The zero-order valence-corrected chi connectivity index (χ0v) is 20.2. The molecule has 1 saturated heterocycles. The number of thiazole rings is 1. The number of halogens is 1. The highest BCUT2D eigenvalue weighted by Crippen LogP contribution is 2.33. The molecule has 1 aliphatic heterocycles. The maximum atomic E-state index is 12.8. The first-order valence-corrected chi connectivity index (χ1v) is 12.1. The topological polar surface area (TPSA) is 62.7 Å². The molecule has 1 aliphatic rings. The number of amides is 2. The number of carbonyl (C=O) groups is 2. The van der Waals surface area contributed by atoms with Crippen molar-refractivity contribution in [1.29, 1.82) is 0 Å². The van der Waals surface area contributed by atoms with Gasteiger partial charge in [-0.1, -0.05) is 11.6 Å². The van der Waals surface area contributed by atoms with Crippen molar-refractivity contribution in [3.63, 3.8) is 0 Å². The molecule has 30 heavy (non-hydrogen) atoms. The van der Waals surface area contributed by atoms with Gasteiger partial charge in [-0.2, -0.15) is 0 Å². The maximum Gasteiger partial charge on any atom is 0.410 e. The van der Waals surface area contributed by atoms with Gasteiger partial charge in [0.2, 0.25) is 5.91 Å². The number of hydrogen-bond donors (Lipinski definition) is 0. The summed E-state index contributed by atoms with van der Waals surface area (Å²) >= 11 is 9.03. The molecule has 0 spiro atoms. The van der Waals surface area contributed by atoms with Crippen LogP contribution in [0.2, 0.25) is 4.34 Å². The molecule has 3 heterocycles. The van der Waals surface area contributed by atoms with Crippen molar-refractivity contribution >= 4 is 46.3 Å². The van der Waals surface area contributed by atoms with Gasteiger partial charge in [0.25, 0.3) is 0 Å². The number of carbonyl (C=O) groups excluding carboxylic acids is 2. The van der Waals surface area contributed by atoms with Crippen LogP contribution >= 0.6 is 34.3 Å². The van der Waals surface area contributed by atoms with Gasteiger partial charge in [-0.15, -0.1) is 22.7 Å². The number of hydrogen-bond acceptors (Lipinski definition) is 6. The number of nitrogens with zero attached hydrogens (tertiary/aromatic N) is 3. The van der Waals surface area contributed by atoms with Crippen molar-refractivity contribution in [2.45, 2.75) is 45.6 Å². The standard InChI is InChI=1S/C21H28ClN3O3S2/c1-21(2,3)28-20(27)24(4)11-14-6-5-9-25(12-14)18(26)10-15-13-29-19(23-15)16-7-8-17(22)30-16/h7-8,13-14H,5-6,9-12H2,1-4H3. The van der Waals surface area contributed by atoms with Crippen molar-refractivity contribution in [3.8, 4) is 9.88 Å². The SMILES string of the molecule is CN(CC1CCCN(C(=O)Cc2csc(-c3ccc(Cl)s3)n2)C1)C(=O)OC(C)(C)C. The Balaban J connectivity index is 1.53. The third kappa shape index (κ3) is 6.43. The van der Waals surface area contributed by atoms with E-state index in [-0.39, 0.29) is 17.9 Å². The molecular weight excluding hydrogens is 442 g/mol. The third-order valence-corrected chi connectivity index (χ3v) is 7.07. The Bertz CT molecular complexity index is 890. The normalized spacial score (nSPS) is 17.1. The molecule has 1 unspecified atom stereocenters. The summed E-state index contributed by atoms with van der Waals surface area (Å²) < 4.78 is 6.16. The Kier molecular flexibility index (Phi) is 7.42. The zero-order valence-electron chi connectivity index (χ0n) is 17.8. The Labute approximate surface area is 190 Å². The molecule has 0 saturated carbocycles. The highest BCUT2D eigenvalue weighted by Gasteiger charge is 2.27. The Morgan fingerprint density at radius 1 is 1.37 bits per heavy atom. The van der Waals surface area contributed by atoms with Gasteiger partial charge in [-0.05, 0) is 51.7 Å². The van der Waals surface area contributed by atoms with E-state index in [0.29, 0.717) is 19.5 Å². The van der Waals surface area contributed by atoms with Crippen LogP contribution in [0.3, 0.4) is 0 Å². The number of ether oxygens (including phenoxy) is 1. The fourth-order valence-electron chi connectivity index (χ4n) is 3.44. The van der Waals surface area contributed by atoms with Crippen LogP contribution < -0.4 is 0 Å². The minimum Gasteiger partial charge on any atom is -0.444 e. The number of piperidine rings is 1. The Hall–Kier alpha value is -1.64. The van der Waals surface area contributed by atoms with Crippen LogP contribution in [0.4, 0.5) is 4.79 Å². The molecule has 0 radical (unpaired) electrons. The predicted octanol–water partition coefficient (Wildman–Crippen LogP) is 5.17. The molecule has 0 aromatic carbocycles. The molecule has 2 aromatic heterocycles. The van der Waals surface area contributed by atoms with Crippen LogP contribution in [0.5, 0.6) is 0 Å². The lowest BCUT2D eigenvalue weighted by Crippen LogP contribution is -2.45. The van der Waals surface area contributed by atoms with Crippen LogP contribution in [-0.4, -0.2) is 59.1 Å². The van der Waals surface area contributed by atoms with E-state index in [1.807, 2.05) is 43.2 Å². The fraction of sp³-hybridized carbons (Fsp3) is 0.571. The fourth-order valence-corrected chi connectivity index (χ4v) is 5.37. The van der Waals surface area contributed by atoms with Gasteiger partial charge < -0.3 is 14.5 Å². The molecule has 9 heteroatoms. The summed E-state index contributed by atoms with van der Waals surface area (Å²) in [4.78, 5) is 34.2. The first kappa shape index (κ1) is 23.0. The Morgan fingerprint density at radius 2 is 2.13 bits per heavy atom. The van der Waals surface area contributed by atoms with Crippen molar-refractivity contribution < 1.29 is 14.3 Å². The predicted molar refractivity (Wildman–Crippen MR) is 122 cm³/mol. The van der Waals surface area contributed by atoms with Crippen molar-refractivity contribution in [3.05, 3.63) is 27.5 Å². The summed E-state index contributed by atoms with van der Waals surface area (Å²) in [6.07, 6.45) is 1.91. The average molecular weight is 470 g/mol. The highest BCUT2D eigenvalue weighted by molar-refractivity contribution is 7.23. The van der Waals surface area contributed by atoms with Gasteiger partial charge in [0, 0.05) is 32.1 Å². The van der Waals surface area contributed by atoms with Crippen molar-refractivity contribution in [2.24, 2.45) is 5.92 Å². The van der Waals surface area contributed by atoms with Crippen LogP contribution in [0, 0.1) is 5.92 Å². The summed E-state index contributed by atoms with van der Waals surface area (Å²) in [7, 11) is 1.75. The van der Waals surface area contributed by atoms with Gasteiger partial charge >= 0.3 is 6.09 Å². The van der Waals surface area contributed by atoms with Gasteiger partial charge in [-0.25, -0.2) is 9.78 Å². The smallest absolute Gasteiger partial charge is 0.410 e.